The van der Waals surface area contributed by atoms with Gasteiger partial charge in [0.25, 0.3) is 0 Å². The van der Waals surface area contributed by atoms with Gasteiger partial charge in [0.05, 0.1) is 0 Å². The van der Waals surface area contributed by atoms with E-state index in [9.17, 15) is 9.59 Å². The van der Waals surface area contributed by atoms with E-state index in [-0.39, 0.29) is 17.7 Å². The van der Waals surface area contributed by atoms with Crippen molar-refractivity contribution in [3.63, 3.8) is 0 Å². The Labute approximate surface area is 72.8 Å². The molecule has 1 amide bonds. The van der Waals surface area contributed by atoms with Crippen molar-refractivity contribution in [1.29, 1.82) is 0 Å². The molecule has 0 saturated heterocycles. The molecular formula is C9H15NO2. The van der Waals surface area contributed by atoms with E-state index in [0.717, 1.165) is 0 Å². The highest BCUT2D eigenvalue weighted by molar-refractivity contribution is 5.87. The molecule has 0 rings (SSSR count). The van der Waals surface area contributed by atoms with Crippen LogP contribution in [0.4, 0.5) is 0 Å². The summed E-state index contributed by atoms with van der Waals surface area (Å²) in [4.78, 5) is 21.3. The van der Waals surface area contributed by atoms with Crippen LogP contribution < -0.4 is 5.32 Å². The Morgan fingerprint density at radius 3 is 2.58 bits per heavy atom. The first-order chi connectivity index (χ1) is 5.56. The summed E-state index contributed by atoms with van der Waals surface area (Å²) in [5.41, 5.74) is 0. The van der Waals surface area contributed by atoms with Crippen molar-refractivity contribution in [2.75, 3.05) is 0 Å². The summed E-state index contributed by atoms with van der Waals surface area (Å²) < 4.78 is 0. The molecule has 1 atom stereocenters. The second-order valence-corrected chi connectivity index (χ2v) is 2.85. The predicted molar refractivity (Wildman–Crippen MR) is 47.7 cm³/mol. The maximum absolute atomic E-state index is 10.8. The third-order valence-corrected chi connectivity index (χ3v) is 1.50. The van der Waals surface area contributed by atoms with Gasteiger partial charge in [0.15, 0.2) is 0 Å². The van der Waals surface area contributed by atoms with Gasteiger partial charge in [0.2, 0.25) is 5.91 Å². The summed E-state index contributed by atoms with van der Waals surface area (Å²) in [7, 11) is 0. The Morgan fingerprint density at radius 2 is 2.17 bits per heavy atom. The van der Waals surface area contributed by atoms with Crippen molar-refractivity contribution in [2.24, 2.45) is 0 Å². The van der Waals surface area contributed by atoms with Crippen molar-refractivity contribution in [2.45, 2.75) is 32.7 Å². The van der Waals surface area contributed by atoms with Crippen molar-refractivity contribution in [1.82, 2.24) is 5.32 Å². The van der Waals surface area contributed by atoms with E-state index in [0.29, 0.717) is 12.8 Å². The van der Waals surface area contributed by atoms with Gasteiger partial charge >= 0.3 is 0 Å². The smallest absolute Gasteiger partial charge is 0.243 e. The third kappa shape index (κ3) is 5.65. The predicted octanol–water partition coefficient (Wildman–Crippen LogP) is 1.05. The topological polar surface area (TPSA) is 46.2 Å². The van der Waals surface area contributed by atoms with Crippen LogP contribution in [0.1, 0.15) is 26.7 Å². The summed E-state index contributed by atoms with van der Waals surface area (Å²) in [6, 6.07) is 0.0411. The van der Waals surface area contributed by atoms with E-state index in [4.69, 9.17) is 0 Å². The second-order valence-electron chi connectivity index (χ2n) is 2.85. The summed E-state index contributed by atoms with van der Waals surface area (Å²) in [6.07, 6.45) is 2.43. The molecule has 1 unspecified atom stereocenters. The fourth-order valence-corrected chi connectivity index (χ4v) is 0.794. The SMILES string of the molecule is C=CC(=O)NC(C)CCC(C)=O. The van der Waals surface area contributed by atoms with Crippen LogP contribution >= 0.6 is 0 Å². The van der Waals surface area contributed by atoms with Crippen LogP contribution in [-0.4, -0.2) is 17.7 Å². The molecule has 3 heteroatoms. The molecule has 0 fully saturated rings. The standard InChI is InChI=1S/C9H15NO2/c1-4-9(12)10-7(2)5-6-8(3)11/h4,7H,1,5-6H2,2-3H3,(H,10,12). The molecule has 0 radical (unpaired) electrons. The first-order valence-electron chi connectivity index (χ1n) is 3.98. The first kappa shape index (κ1) is 10.9. The lowest BCUT2D eigenvalue weighted by molar-refractivity contribution is -0.119. The molecule has 0 aromatic heterocycles. The van der Waals surface area contributed by atoms with Gasteiger partial charge in [0.1, 0.15) is 5.78 Å². The van der Waals surface area contributed by atoms with Gasteiger partial charge < -0.3 is 10.1 Å². The van der Waals surface area contributed by atoms with Crippen LogP contribution in [0.25, 0.3) is 0 Å². The molecule has 0 saturated carbocycles. The molecule has 0 aliphatic heterocycles. The van der Waals surface area contributed by atoms with E-state index in [1.165, 1.54) is 6.08 Å². The minimum Gasteiger partial charge on any atom is -0.350 e. The monoisotopic (exact) mass is 169 g/mol. The van der Waals surface area contributed by atoms with E-state index in [1.807, 2.05) is 6.92 Å². The number of amides is 1. The molecule has 0 aromatic rings. The van der Waals surface area contributed by atoms with Crippen molar-refractivity contribution in [3.8, 4) is 0 Å². The summed E-state index contributed by atoms with van der Waals surface area (Å²) in [6.45, 7) is 6.74. The number of hydrogen-bond acceptors (Lipinski definition) is 2. The van der Waals surface area contributed by atoms with Crippen molar-refractivity contribution >= 4 is 11.7 Å². The minimum absolute atomic E-state index is 0.0411. The summed E-state index contributed by atoms with van der Waals surface area (Å²) in [5.74, 6) is -0.0410. The van der Waals surface area contributed by atoms with Crippen LogP contribution in [0.5, 0.6) is 0 Å². The highest BCUT2D eigenvalue weighted by Crippen LogP contribution is 1.96. The number of carbonyl (C=O) groups excluding carboxylic acids is 2. The van der Waals surface area contributed by atoms with Gasteiger partial charge in [-0.1, -0.05) is 6.58 Å². The highest BCUT2D eigenvalue weighted by Gasteiger charge is 2.04. The third-order valence-electron chi connectivity index (χ3n) is 1.50. The van der Waals surface area contributed by atoms with Crippen LogP contribution in [0, 0.1) is 0 Å². The summed E-state index contributed by atoms with van der Waals surface area (Å²) >= 11 is 0. The molecule has 0 spiro atoms. The number of nitrogens with one attached hydrogen (secondary N) is 1. The van der Waals surface area contributed by atoms with Gasteiger partial charge in [-0.3, -0.25) is 4.79 Å². The Morgan fingerprint density at radius 1 is 1.58 bits per heavy atom. The highest BCUT2D eigenvalue weighted by atomic mass is 16.1. The van der Waals surface area contributed by atoms with Crippen LogP contribution in [0.3, 0.4) is 0 Å². The molecule has 0 bridgehead atoms. The maximum atomic E-state index is 10.8. The Hall–Kier alpha value is -1.12. The average Bonchev–Trinajstić information content (AvgIpc) is 2.00. The number of carbonyl (C=O) groups is 2. The van der Waals surface area contributed by atoms with Gasteiger partial charge in [-0.15, -0.1) is 0 Å². The Kier molecular flexibility index (Phi) is 5.00. The van der Waals surface area contributed by atoms with Gasteiger partial charge in [-0.25, -0.2) is 0 Å². The lowest BCUT2D eigenvalue weighted by Gasteiger charge is -2.10. The summed E-state index contributed by atoms with van der Waals surface area (Å²) in [5, 5.41) is 2.68. The van der Waals surface area contributed by atoms with Crippen LogP contribution in [0.15, 0.2) is 12.7 Å². The molecule has 12 heavy (non-hydrogen) atoms. The normalized spacial score (nSPS) is 11.8. The van der Waals surface area contributed by atoms with E-state index >= 15 is 0 Å². The average molecular weight is 169 g/mol. The quantitative estimate of drug-likeness (QED) is 0.625. The van der Waals surface area contributed by atoms with Crippen molar-refractivity contribution < 1.29 is 9.59 Å². The Bertz CT molecular complexity index is 187. The zero-order valence-corrected chi connectivity index (χ0v) is 7.59. The fraction of sp³-hybridized carbons (Fsp3) is 0.556. The van der Waals surface area contributed by atoms with E-state index < -0.39 is 0 Å². The molecule has 68 valence electrons. The number of Topliss-reactive ketones (excluding diaryl/α,β-unsaturated/α-hetero) is 1. The number of rotatable bonds is 5. The maximum Gasteiger partial charge on any atom is 0.243 e. The number of hydrogen-bond donors (Lipinski definition) is 1. The minimum atomic E-state index is -0.189. The number of ketones is 1. The molecule has 1 N–H and O–H groups in total. The molecule has 3 nitrogen and oxygen atoms in total. The Balaban J connectivity index is 3.59. The lowest BCUT2D eigenvalue weighted by Crippen LogP contribution is -2.31. The largest absolute Gasteiger partial charge is 0.350 e. The molecule has 0 aliphatic carbocycles. The van der Waals surface area contributed by atoms with Gasteiger partial charge in [-0.2, -0.15) is 0 Å². The van der Waals surface area contributed by atoms with Gasteiger partial charge in [0, 0.05) is 12.5 Å². The zero-order valence-electron chi connectivity index (χ0n) is 7.59. The molecule has 0 aliphatic rings. The molecular weight excluding hydrogens is 154 g/mol. The fourth-order valence-electron chi connectivity index (χ4n) is 0.794. The molecule has 0 aromatic carbocycles. The van der Waals surface area contributed by atoms with Gasteiger partial charge in [-0.05, 0) is 26.3 Å². The zero-order chi connectivity index (χ0) is 9.56. The first-order valence-corrected chi connectivity index (χ1v) is 3.98. The lowest BCUT2D eigenvalue weighted by atomic mass is 10.1. The molecule has 0 heterocycles. The van der Waals surface area contributed by atoms with Crippen molar-refractivity contribution in [3.05, 3.63) is 12.7 Å². The van der Waals surface area contributed by atoms with E-state index in [2.05, 4.69) is 11.9 Å². The van der Waals surface area contributed by atoms with Crippen LogP contribution in [-0.2, 0) is 9.59 Å². The second kappa shape index (κ2) is 5.52. The van der Waals surface area contributed by atoms with E-state index in [1.54, 1.807) is 6.92 Å². The van der Waals surface area contributed by atoms with Crippen LogP contribution in [0.2, 0.25) is 0 Å².